The van der Waals surface area contributed by atoms with Gasteiger partial charge in [0.25, 0.3) is 0 Å². The SMILES string of the molecule is CC(C)C(=O)N1CCN(C(=O)Nc2ccccc2)CC2(CNC(=O)C2)C1. The minimum Gasteiger partial charge on any atom is -0.355 e. The van der Waals surface area contributed by atoms with E-state index in [1.165, 1.54) is 0 Å². The molecule has 3 rings (SSSR count). The molecule has 1 unspecified atom stereocenters. The van der Waals surface area contributed by atoms with E-state index < -0.39 is 5.41 Å². The number of carbonyl (C=O) groups is 3. The zero-order valence-corrected chi connectivity index (χ0v) is 15.3. The van der Waals surface area contributed by atoms with Gasteiger partial charge in [-0.1, -0.05) is 32.0 Å². The highest BCUT2D eigenvalue weighted by molar-refractivity contribution is 5.89. The van der Waals surface area contributed by atoms with Gasteiger partial charge in [0.05, 0.1) is 0 Å². The summed E-state index contributed by atoms with van der Waals surface area (Å²) >= 11 is 0. The summed E-state index contributed by atoms with van der Waals surface area (Å²) in [7, 11) is 0. The van der Waals surface area contributed by atoms with E-state index in [2.05, 4.69) is 10.6 Å². The Morgan fingerprint density at radius 2 is 1.77 bits per heavy atom. The molecule has 1 spiro atoms. The monoisotopic (exact) mass is 358 g/mol. The van der Waals surface area contributed by atoms with Crippen molar-refractivity contribution in [1.29, 1.82) is 0 Å². The largest absolute Gasteiger partial charge is 0.355 e. The topological polar surface area (TPSA) is 81.8 Å². The van der Waals surface area contributed by atoms with Crippen LogP contribution >= 0.6 is 0 Å². The van der Waals surface area contributed by atoms with Crippen LogP contribution in [0.5, 0.6) is 0 Å². The zero-order valence-electron chi connectivity index (χ0n) is 15.3. The van der Waals surface area contributed by atoms with E-state index in [-0.39, 0.29) is 23.8 Å². The van der Waals surface area contributed by atoms with Crippen LogP contribution in [-0.4, -0.2) is 60.4 Å². The normalized spacial score (nSPS) is 23.1. The Bertz CT molecular complexity index is 691. The summed E-state index contributed by atoms with van der Waals surface area (Å²) in [5.74, 6) is -0.0666. The molecular weight excluding hydrogens is 332 g/mol. The Morgan fingerprint density at radius 1 is 1.12 bits per heavy atom. The van der Waals surface area contributed by atoms with Crippen molar-refractivity contribution in [3.8, 4) is 0 Å². The van der Waals surface area contributed by atoms with Crippen molar-refractivity contribution in [3.05, 3.63) is 30.3 Å². The Balaban J connectivity index is 1.78. The number of anilines is 1. The molecule has 2 N–H and O–H groups in total. The molecule has 7 nitrogen and oxygen atoms in total. The molecule has 26 heavy (non-hydrogen) atoms. The Kier molecular flexibility index (Phi) is 5.15. The molecule has 0 aromatic heterocycles. The van der Waals surface area contributed by atoms with E-state index in [1.807, 2.05) is 44.2 Å². The number of carbonyl (C=O) groups excluding carboxylic acids is 3. The van der Waals surface area contributed by atoms with Crippen molar-refractivity contribution >= 4 is 23.5 Å². The number of hydrogen-bond acceptors (Lipinski definition) is 3. The third-order valence-electron chi connectivity index (χ3n) is 5.01. The number of nitrogens with one attached hydrogen (secondary N) is 2. The van der Waals surface area contributed by atoms with Crippen LogP contribution in [-0.2, 0) is 9.59 Å². The van der Waals surface area contributed by atoms with Gasteiger partial charge in [-0.25, -0.2) is 4.79 Å². The summed E-state index contributed by atoms with van der Waals surface area (Å²) in [6.07, 6.45) is 0.337. The lowest BCUT2D eigenvalue weighted by molar-refractivity contribution is -0.135. The standard InChI is InChI=1S/C19H26N4O3/c1-14(2)17(25)22-8-9-23(13-19(12-22)10-16(24)20-11-19)18(26)21-15-6-4-3-5-7-15/h3-7,14H,8-13H2,1-2H3,(H,20,24)(H,21,26). The van der Waals surface area contributed by atoms with Gasteiger partial charge < -0.3 is 20.4 Å². The van der Waals surface area contributed by atoms with Crippen molar-refractivity contribution in [3.63, 3.8) is 0 Å². The van der Waals surface area contributed by atoms with Crippen LogP contribution in [0.25, 0.3) is 0 Å². The molecule has 1 aromatic carbocycles. The van der Waals surface area contributed by atoms with Crippen LogP contribution in [0.1, 0.15) is 20.3 Å². The first kappa shape index (κ1) is 18.2. The minimum atomic E-state index is -0.424. The molecular formula is C19H26N4O3. The molecule has 140 valence electrons. The van der Waals surface area contributed by atoms with Gasteiger partial charge in [-0.15, -0.1) is 0 Å². The van der Waals surface area contributed by atoms with E-state index in [4.69, 9.17) is 0 Å². The van der Waals surface area contributed by atoms with Crippen LogP contribution in [0.4, 0.5) is 10.5 Å². The Morgan fingerprint density at radius 3 is 2.38 bits per heavy atom. The van der Waals surface area contributed by atoms with Crippen LogP contribution in [0.15, 0.2) is 30.3 Å². The maximum Gasteiger partial charge on any atom is 0.321 e. The van der Waals surface area contributed by atoms with Crippen molar-refractivity contribution in [2.75, 3.05) is 38.0 Å². The average Bonchev–Trinajstić information content (AvgIpc) is 2.86. The molecule has 2 fully saturated rings. The van der Waals surface area contributed by atoms with Crippen molar-refractivity contribution in [2.45, 2.75) is 20.3 Å². The zero-order chi connectivity index (χ0) is 18.7. The number of hydrogen-bond donors (Lipinski definition) is 2. The van der Waals surface area contributed by atoms with Crippen molar-refractivity contribution in [2.24, 2.45) is 11.3 Å². The van der Waals surface area contributed by atoms with Gasteiger partial charge in [-0.2, -0.15) is 0 Å². The number of urea groups is 1. The molecule has 1 aromatic rings. The summed E-state index contributed by atoms with van der Waals surface area (Å²) in [6, 6.07) is 9.09. The fourth-order valence-electron chi connectivity index (χ4n) is 3.69. The molecule has 2 heterocycles. The first-order valence-electron chi connectivity index (χ1n) is 9.05. The highest BCUT2D eigenvalue weighted by Gasteiger charge is 2.45. The van der Waals surface area contributed by atoms with E-state index >= 15 is 0 Å². The fourth-order valence-corrected chi connectivity index (χ4v) is 3.69. The van der Waals surface area contributed by atoms with Gasteiger partial charge >= 0.3 is 6.03 Å². The van der Waals surface area contributed by atoms with Crippen molar-refractivity contribution in [1.82, 2.24) is 15.1 Å². The number of benzene rings is 1. The lowest BCUT2D eigenvalue weighted by Gasteiger charge is -2.33. The molecule has 2 aliphatic heterocycles. The molecule has 0 aliphatic carbocycles. The second-order valence-electron chi connectivity index (χ2n) is 7.59. The van der Waals surface area contributed by atoms with E-state index in [0.717, 1.165) is 5.69 Å². The maximum absolute atomic E-state index is 12.8. The van der Waals surface area contributed by atoms with Gasteiger partial charge in [-0.05, 0) is 12.1 Å². The fraction of sp³-hybridized carbons (Fsp3) is 0.526. The van der Waals surface area contributed by atoms with Gasteiger partial charge in [0.1, 0.15) is 0 Å². The van der Waals surface area contributed by atoms with Crippen molar-refractivity contribution < 1.29 is 14.4 Å². The second kappa shape index (κ2) is 7.35. The maximum atomic E-state index is 12.8. The van der Waals surface area contributed by atoms with Crippen LogP contribution in [0.3, 0.4) is 0 Å². The lowest BCUT2D eigenvalue weighted by Crippen LogP contribution is -2.46. The molecule has 0 saturated carbocycles. The van der Waals surface area contributed by atoms with Gasteiger partial charge in [-0.3, -0.25) is 9.59 Å². The lowest BCUT2D eigenvalue weighted by atomic mass is 9.86. The predicted molar refractivity (Wildman–Crippen MR) is 98.5 cm³/mol. The molecule has 0 radical (unpaired) electrons. The molecule has 2 aliphatic rings. The number of nitrogens with zero attached hydrogens (tertiary/aromatic N) is 2. The quantitative estimate of drug-likeness (QED) is 0.841. The third kappa shape index (κ3) is 3.98. The number of amides is 4. The summed E-state index contributed by atoms with van der Waals surface area (Å²) in [6.45, 7) is 6.12. The molecule has 2 saturated heterocycles. The Labute approximate surface area is 153 Å². The summed E-state index contributed by atoms with van der Waals surface area (Å²) in [5, 5.41) is 5.77. The van der Waals surface area contributed by atoms with Gasteiger partial charge in [0, 0.05) is 56.2 Å². The summed E-state index contributed by atoms with van der Waals surface area (Å²) < 4.78 is 0. The number of rotatable bonds is 2. The third-order valence-corrected chi connectivity index (χ3v) is 5.01. The smallest absolute Gasteiger partial charge is 0.321 e. The molecule has 1 atom stereocenters. The average molecular weight is 358 g/mol. The first-order valence-corrected chi connectivity index (χ1v) is 9.05. The van der Waals surface area contributed by atoms with E-state index in [9.17, 15) is 14.4 Å². The molecule has 0 bridgehead atoms. The highest BCUT2D eigenvalue weighted by Crippen LogP contribution is 2.31. The number of para-hydroxylation sites is 1. The highest BCUT2D eigenvalue weighted by atomic mass is 16.2. The van der Waals surface area contributed by atoms with Crippen LogP contribution in [0.2, 0.25) is 0 Å². The molecule has 4 amide bonds. The summed E-state index contributed by atoms with van der Waals surface area (Å²) in [5.41, 5.74) is 0.304. The first-order chi connectivity index (χ1) is 12.4. The second-order valence-corrected chi connectivity index (χ2v) is 7.59. The van der Waals surface area contributed by atoms with Crippen LogP contribution in [0, 0.1) is 11.3 Å². The van der Waals surface area contributed by atoms with E-state index in [1.54, 1.807) is 9.80 Å². The summed E-state index contributed by atoms with van der Waals surface area (Å²) in [4.78, 5) is 40.7. The minimum absolute atomic E-state index is 0.0211. The Hall–Kier alpha value is -2.57. The van der Waals surface area contributed by atoms with Crippen LogP contribution < -0.4 is 10.6 Å². The van der Waals surface area contributed by atoms with Gasteiger partial charge in [0.15, 0.2) is 0 Å². The van der Waals surface area contributed by atoms with E-state index in [0.29, 0.717) is 39.1 Å². The van der Waals surface area contributed by atoms with Gasteiger partial charge in [0.2, 0.25) is 11.8 Å². The molecule has 7 heteroatoms. The predicted octanol–water partition coefficient (Wildman–Crippen LogP) is 1.52.